The fourth-order valence-corrected chi connectivity index (χ4v) is 3.55. The van der Waals surface area contributed by atoms with Gasteiger partial charge in [0.1, 0.15) is 5.75 Å². The number of methoxy groups -OCH3 is 1. The number of aromatic nitrogens is 2. The molecular weight excluding hydrogens is 421 g/mol. The van der Waals surface area contributed by atoms with E-state index in [1.165, 1.54) is 12.1 Å². The molecule has 1 saturated heterocycles. The number of halogens is 3. The first-order valence-corrected chi connectivity index (χ1v) is 10.0. The molecule has 166 valence electrons. The Hall–Kier alpha value is -3.62. The van der Waals surface area contributed by atoms with Crippen molar-refractivity contribution >= 4 is 11.7 Å². The monoisotopic (exact) mass is 442 g/mol. The van der Waals surface area contributed by atoms with Crippen molar-refractivity contribution in [1.29, 1.82) is 0 Å². The summed E-state index contributed by atoms with van der Waals surface area (Å²) in [7, 11) is 1.61. The Balaban J connectivity index is 1.37. The van der Waals surface area contributed by atoms with Gasteiger partial charge in [0.05, 0.1) is 18.4 Å². The third kappa shape index (κ3) is 4.66. The van der Waals surface area contributed by atoms with Crippen molar-refractivity contribution in [3.05, 3.63) is 71.8 Å². The lowest BCUT2D eigenvalue weighted by Gasteiger charge is -2.35. The number of benzene rings is 2. The Morgan fingerprint density at radius 3 is 2.25 bits per heavy atom. The topological polar surface area (TPSA) is 58.6 Å². The minimum atomic E-state index is -4.42. The average Bonchev–Trinajstić information content (AvgIpc) is 2.83. The number of hydrogen-bond acceptors (Lipinski definition) is 5. The molecule has 1 fully saturated rings. The Kier molecular flexibility index (Phi) is 5.98. The maximum atomic E-state index is 12.7. The van der Waals surface area contributed by atoms with Crippen molar-refractivity contribution in [3.8, 4) is 17.0 Å². The number of ether oxygens (including phenoxy) is 1. The van der Waals surface area contributed by atoms with Gasteiger partial charge in [0.25, 0.3) is 5.91 Å². The summed E-state index contributed by atoms with van der Waals surface area (Å²) >= 11 is 0. The number of alkyl halides is 3. The summed E-state index contributed by atoms with van der Waals surface area (Å²) in [5, 5.41) is 8.63. The number of anilines is 1. The van der Waals surface area contributed by atoms with Crippen LogP contribution in [0.25, 0.3) is 11.3 Å². The molecular formula is C23H21F3N4O2. The third-order valence-electron chi connectivity index (χ3n) is 5.37. The van der Waals surface area contributed by atoms with E-state index >= 15 is 0 Å². The molecule has 6 nitrogen and oxygen atoms in total. The summed E-state index contributed by atoms with van der Waals surface area (Å²) in [6, 6.07) is 15.6. The number of carbonyl (C=O) groups is 1. The van der Waals surface area contributed by atoms with Gasteiger partial charge >= 0.3 is 6.18 Å². The number of carbonyl (C=O) groups excluding carboxylic acids is 1. The summed E-state index contributed by atoms with van der Waals surface area (Å²) in [5.74, 6) is 1.17. The molecule has 0 spiro atoms. The first-order valence-electron chi connectivity index (χ1n) is 10.0. The van der Waals surface area contributed by atoms with Gasteiger partial charge in [-0.2, -0.15) is 13.2 Å². The normalized spacial score (nSPS) is 14.4. The molecule has 0 bridgehead atoms. The molecule has 0 unspecified atom stereocenters. The maximum Gasteiger partial charge on any atom is 0.416 e. The zero-order valence-corrected chi connectivity index (χ0v) is 17.3. The second kappa shape index (κ2) is 8.86. The number of rotatable bonds is 4. The quantitative estimate of drug-likeness (QED) is 0.608. The van der Waals surface area contributed by atoms with Gasteiger partial charge in [-0.1, -0.05) is 12.1 Å². The Labute approximate surface area is 183 Å². The first-order chi connectivity index (χ1) is 15.3. The third-order valence-corrected chi connectivity index (χ3v) is 5.37. The minimum absolute atomic E-state index is 0.244. The fourth-order valence-electron chi connectivity index (χ4n) is 3.55. The van der Waals surface area contributed by atoms with E-state index in [-0.39, 0.29) is 11.5 Å². The van der Waals surface area contributed by atoms with Crippen molar-refractivity contribution in [1.82, 2.24) is 15.1 Å². The van der Waals surface area contributed by atoms with E-state index in [1.807, 2.05) is 41.3 Å². The lowest BCUT2D eigenvalue weighted by Crippen LogP contribution is -2.49. The molecule has 1 aliphatic heterocycles. The van der Waals surface area contributed by atoms with E-state index in [9.17, 15) is 18.0 Å². The van der Waals surface area contributed by atoms with Crippen molar-refractivity contribution in [3.63, 3.8) is 0 Å². The summed E-state index contributed by atoms with van der Waals surface area (Å²) in [4.78, 5) is 16.3. The molecule has 1 aliphatic rings. The molecule has 32 heavy (non-hydrogen) atoms. The molecule has 3 aromatic rings. The number of piperazine rings is 1. The molecule has 0 atom stereocenters. The Bertz CT molecular complexity index is 1080. The highest BCUT2D eigenvalue weighted by molar-refractivity contribution is 5.94. The van der Waals surface area contributed by atoms with E-state index in [1.54, 1.807) is 12.0 Å². The summed E-state index contributed by atoms with van der Waals surface area (Å²) in [6.45, 7) is 2.00. The number of hydrogen-bond donors (Lipinski definition) is 0. The molecule has 0 aliphatic carbocycles. The van der Waals surface area contributed by atoms with Gasteiger partial charge in [-0.15, -0.1) is 10.2 Å². The second-order valence-corrected chi connectivity index (χ2v) is 7.36. The van der Waals surface area contributed by atoms with E-state index in [4.69, 9.17) is 4.74 Å². The van der Waals surface area contributed by atoms with E-state index in [2.05, 4.69) is 10.2 Å². The standard InChI is InChI=1S/C23H21F3N4O2/c1-32-19-4-2-3-17(15-19)20-9-10-21(28-27-20)29-11-13-30(14-12-29)22(31)16-5-7-18(8-6-16)23(24,25)26/h2-10,15H,11-14H2,1H3. The molecule has 1 amide bonds. The predicted octanol–water partition coefficient (Wildman–Crippen LogP) is 4.13. The van der Waals surface area contributed by atoms with Crippen LogP contribution in [0.1, 0.15) is 15.9 Å². The van der Waals surface area contributed by atoms with Crippen LogP contribution in [-0.4, -0.2) is 54.3 Å². The zero-order chi connectivity index (χ0) is 22.7. The SMILES string of the molecule is COc1cccc(-c2ccc(N3CCN(C(=O)c4ccc(C(F)(F)F)cc4)CC3)nn2)c1. The van der Waals surface area contributed by atoms with E-state index in [0.29, 0.717) is 32.0 Å². The largest absolute Gasteiger partial charge is 0.497 e. The highest BCUT2D eigenvalue weighted by Gasteiger charge is 2.30. The zero-order valence-electron chi connectivity index (χ0n) is 17.3. The lowest BCUT2D eigenvalue weighted by atomic mass is 10.1. The van der Waals surface area contributed by atoms with Crippen LogP contribution in [0.15, 0.2) is 60.7 Å². The van der Waals surface area contributed by atoms with Gasteiger partial charge in [0.15, 0.2) is 5.82 Å². The van der Waals surface area contributed by atoms with Crippen LogP contribution in [0.5, 0.6) is 5.75 Å². The molecule has 4 rings (SSSR count). The minimum Gasteiger partial charge on any atom is -0.497 e. The van der Waals surface area contributed by atoms with Crippen LogP contribution < -0.4 is 9.64 Å². The molecule has 2 heterocycles. The number of amides is 1. The molecule has 9 heteroatoms. The average molecular weight is 442 g/mol. The second-order valence-electron chi connectivity index (χ2n) is 7.36. The van der Waals surface area contributed by atoms with Crippen LogP contribution in [0.3, 0.4) is 0 Å². The van der Waals surface area contributed by atoms with Gasteiger partial charge in [-0.25, -0.2) is 0 Å². The molecule has 1 aromatic heterocycles. The molecule has 0 saturated carbocycles. The van der Waals surface area contributed by atoms with Crippen molar-refractivity contribution in [2.75, 3.05) is 38.2 Å². The Morgan fingerprint density at radius 2 is 1.66 bits per heavy atom. The van der Waals surface area contributed by atoms with Gasteiger partial charge in [0, 0.05) is 37.3 Å². The number of nitrogens with zero attached hydrogens (tertiary/aromatic N) is 4. The lowest BCUT2D eigenvalue weighted by molar-refractivity contribution is -0.137. The molecule has 2 aromatic carbocycles. The van der Waals surface area contributed by atoms with Crippen molar-refractivity contribution in [2.24, 2.45) is 0 Å². The van der Waals surface area contributed by atoms with E-state index < -0.39 is 11.7 Å². The van der Waals surface area contributed by atoms with Gasteiger partial charge in [-0.3, -0.25) is 4.79 Å². The fraction of sp³-hybridized carbons (Fsp3) is 0.261. The van der Waals surface area contributed by atoms with Gasteiger partial charge < -0.3 is 14.5 Å². The smallest absolute Gasteiger partial charge is 0.416 e. The van der Waals surface area contributed by atoms with Gasteiger partial charge in [-0.05, 0) is 48.5 Å². The van der Waals surface area contributed by atoms with Crippen molar-refractivity contribution in [2.45, 2.75) is 6.18 Å². The van der Waals surface area contributed by atoms with E-state index in [0.717, 1.165) is 29.1 Å². The van der Waals surface area contributed by atoms with Gasteiger partial charge in [0.2, 0.25) is 0 Å². The predicted molar refractivity (Wildman–Crippen MR) is 114 cm³/mol. The highest BCUT2D eigenvalue weighted by atomic mass is 19.4. The van der Waals surface area contributed by atoms with Crippen LogP contribution in [-0.2, 0) is 6.18 Å². The molecule has 0 radical (unpaired) electrons. The summed E-state index contributed by atoms with van der Waals surface area (Å²) < 4.78 is 43.4. The summed E-state index contributed by atoms with van der Waals surface area (Å²) in [6.07, 6.45) is -4.42. The van der Waals surface area contributed by atoms with Crippen LogP contribution in [0.4, 0.5) is 19.0 Å². The van der Waals surface area contributed by atoms with Crippen LogP contribution >= 0.6 is 0 Å². The Morgan fingerprint density at radius 1 is 0.938 bits per heavy atom. The summed E-state index contributed by atoms with van der Waals surface area (Å²) in [5.41, 5.74) is 1.10. The van der Waals surface area contributed by atoms with Crippen LogP contribution in [0, 0.1) is 0 Å². The van der Waals surface area contributed by atoms with Crippen molar-refractivity contribution < 1.29 is 22.7 Å². The molecule has 0 N–H and O–H groups in total. The maximum absolute atomic E-state index is 12.7. The first kappa shape index (κ1) is 21.6. The van der Waals surface area contributed by atoms with Crippen LogP contribution in [0.2, 0.25) is 0 Å². The highest BCUT2D eigenvalue weighted by Crippen LogP contribution is 2.29.